The van der Waals surface area contributed by atoms with Crippen molar-refractivity contribution < 1.29 is 26.4 Å². The van der Waals surface area contributed by atoms with Gasteiger partial charge in [0.05, 0.1) is 16.4 Å². The van der Waals surface area contributed by atoms with E-state index in [-0.39, 0.29) is 47.0 Å². The van der Waals surface area contributed by atoms with Crippen molar-refractivity contribution in [1.29, 1.82) is 0 Å². The summed E-state index contributed by atoms with van der Waals surface area (Å²) in [5.74, 6) is -1.05. The Morgan fingerprint density at radius 3 is 2.07 bits per heavy atom. The van der Waals surface area contributed by atoms with E-state index in [9.17, 15) is 26.4 Å². The average Bonchev–Trinajstić information content (AvgIpc) is 2.60. The summed E-state index contributed by atoms with van der Waals surface area (Å²) in [4.78, 5) is 26.2. The highest BCUT2D eigenvalue weighted by atomic mass is 32.2. The first-order chi connectivity index (χ1) is 12.9. The predicted molar refractivity (Wildman–Crippen MR) is 104 cm³/mol. The molecule has 2 rings (SSSR count). The molecule has 1 fully saturated rings. The molecule has 2 N–H and O–H groups in total. The zero-order chi connectivity index (χ0) is 21.1. The lowest BCUT2D eigenvalue weighted by Gasteiger charge is -2.29. The molecule has 1 aromatic rings. The highest BCUT2D eigenvalue weighted by molar-refractivity contribution is 7.91. The van der Waals surface area contributed by atoms with Gasteiger partial charge in [-0.05, 0) is 45.0 Å². The molecule has 1 unspecified atom stereocenters. The monoisotopic (exact) mass is 431 g/mol. The fraction of sp³-hybridized carbons (Fsp3) is 0.529. The molecular formula is C17H25N3O6S2. The second-order valence-electron chi connectivity index (χ2n) is 6.97. The number of nitrogens with one attached hydrogen (secondary N) is 2. The van der Waals surface area contributed by atoms with Crippen molar-refractivity contribution in [2.75, 3.05) is 24.6 Å². The topological polar surface area (TPSA) is 130 Å². The molecule has 1 aromatic carbocycles. The molecule has 1 aliphatic rings. The molecule has 28 heavy (non-hydrogen) atoms. The van der Waals surface area contributed by atoms with E-state index in [4.69, 9.17) is 0 Å². The standard InChI is InChI=1S/C17H25N3O6S2/c1-12(2)19-28(25,26)15-6-4-14(5-7-15)16(21)18-13(3)17(22)20-8-10-27(23,24)11-9-20/h4-7,12-13,19H,8-11H2,1-3H3,(H,18,21). The van der Waals surface area contributed by atoms with E-state index in [0.717, 1.165) is 0 Å². The van der Waals surface area contributed by atoms with Gasteiger partial charge in [-0.25, -0.2) is 21.6 Å². The van der Waals surface area contributed by atoms with Crippen LogP contribution in [0.3, 0.4) is 0 Å². The van der Waals surface area contributed by atoms with Crippen molar-refractivity contribution in [3.63, 3.8) is 0 Å². The van der Waals surface area contributed by atoms with Gasteiger partial charge in [-0.15, -0.1) is 0 Å². The highest BCUT2D eigenvalue weighted by Gasteiger charge is 2.28. The quantitative estimate of drug-likeness (QED) is 0.639. The van der Waals surface area contributed by atoms with E-state index >= 15 is 0 Å². The zero-order valence-corrected chi connectivity index (χ0v) is 17.6. The Morgan fingerprint density at radius 1 is 1.04 bits per heavy atom. The minimum atomic E-state index is -3.65. The van der Waals surface area contributed by atoms with Crippen molar-refractivity contribution in [2.45, 2.75) is 37.8 Å². The fourth-order valence-corrected chi connectivity index (χ4v) is 5.16. The van der Waals surface area contributed by atoms with Crippen molar-refractivity contribution in [3.05, 3.63) is 29.8 Å². The van der Waals surface area contributed by atoms with E-state index in [0.29, 0.717) is 0 Å². The lowest BCUT2D eigenvalue weighted by Crippen LogP contribution is -2.51. The maximum atomic E-state index is 12.4. The Hall–Kier alpha value is -1.98. The molecule has 1 saturated heterocycles. The van der Waals surface area contributed by atoms with Crippen LogP contribution < -0.4 is 10.0 Å². The van der Waals surface area contributed by atoms with Crippen molar-refractivity contribution in [3.8, 4) is 0 Å². The molecule has 0 radical (unpaired) electrons. The Balaban J connectivity index is 1.99. The summed E-state index contributed by atoms with van der Waals surface area (Å²) in [5.41, 5.74) is 0.212. The smallest absolute Gasteiger partial charge is 0.251 e. The van der Waals surface area contributed by atoms with Crippen LogP contribution in [0.2, 0.25) is 0 Å². The van der Waals surface area contributed by atoms with E-state index in [1.165, 1.54) is 36.1 Å². The van der Waals surface area contributed by atoms with Crippen LogP contribution in [-0.4, -0.2) is 70.2 Å². The first kappa shape index (κ1) is 22.3. The number of benzene rings is 1. The van der Waals surface area contributed by atoms with Gasteiger partial charge >= 0.3 is 0 Å². The molecule has 156 valence electrons. The maximum Gasteiger partial charge on any atom is 0.251 e. The molecule has 1 atom stereocenters. The van der Waals surface area contributed by atoms with Crippen LogP contribution in [-0.2, 0) is 24.7 Å². The third-order valence-corrected chi connectivity index (χ3v) is 7.48. The number of carbonyl (C=O) groups is 2. The van der Waals surface area contributed by atoms with Gasteiger partial charge < -0.3 is 10.2 Å². The van der Waals surface area contributed by atoms with Crippen LogP contribution in [0.4, 0.5) is 0 Å². The average molecular weight is 432 g/mol. The van der Waals surface area contributed by atoms with Crippen molar-refractivity contribution in [2.24, 2.45) is 0 Å². The van der Waals surface area contributed by atoms with Gasteiger partial charge in [0.2, 0.25) is 15.9 Å². The summed E-state index contributed by atoms with van der Waals surface area (Å²) >= 11 is 0. The first-order valence-electron chi connectivity index (χ1n) is 8.84. The maximum absolute atomic E-state index is 12.4. The Morgan fingerprint density at radius 2 is 1.57 bits per heavy atom. The predicted octanol–water partition coefficient (Wildman–Crippen LogP) is -0.251. The molecule has 2 amide bonds. The molecule has 0 aliphatic carbocycles. The third-order valence-electron chi connectivity index (χ3n) is 4.19. The van der Waals surface area contributed by atoms with Gasteiger partial charge in [0, 0.05) is 24.7 Å². The van der Waals surface area contributed by atoms with E-state index in [1.807, 2.05) is 0 Å². The number of amides is 2. The summed E-state index contributed by atoms with van der Waals surface area (Å²) in [6.07, 6.45) is 0. The second-order valence-corrected chi connectivity index (χ2v) is 11.0. The number of sulfone groups is 1. The van der Waals surface area contributed by atoms with Crippen LogP contribution in [0, 0.1) is 0 Å². The molecule has 9 nitrogen and oxygen atoms in total. The SMILES string of the molecule is CC(C)NS(=O)(=O)c1ccc(C(=O)NC(C)C(=O)N2CCS(=O)(=O)CC2)cc1. The number of hydrogen-bond donors (Lipinski definition) is 2. The first-order valence-corrected chi connectivity index (χ1v) is 12.1. The minimum absolute atomic E-state index is 0.0383. The Bertz CT molecular complexity index is 926. The third kappa shape index (κ3) is 5.76. The molecule has 0 saturated carbocycles. The number of rotatable bonds is 6. The molecule has 1 heterocycles. The minimum Gasteiger partial charge on any atom is -0.341 e. The van der Waals surface area contributed by atoms with Gasteiger partial charge in [-0.3, -0.25) is 9.59 Å². The van der Waals surface area contributed by atoms with Crippen molar-refractivity contribution in [1.82, 2.24) is 14.9 Å². The van der Waals surface area contributed by atoms with Crippen LogP contribution in [0.15, 0.2) is 29.2 Å². The Labute approximate surface area is 165 Å². The van der Waals surface area contributed by atoms with Crippen LogP contribution in [0.5, 0.6) is 0 Å². The lowest BCUT2D eigenvalue weighted by atomic mass is 10.2. The van der Waals surface area contributed by atoms with E-state index in [1.54, 1.807) is 13.8 Å². The molecule has 1 aliphatic heterocycles. The van der Waals surface area contributed by atoms with Gasteiger partial charge in [0.25, 0.3) is 5.91 Å². The summed E-state index contributed by atoms with van der Waals surface area (Å²) in [7, 11) is -6.75. The van der Waals surface area contributed by atoms with Gasteiger partial charge in [0.1, 0.15) is 6.04 Å². The molecule has 0 bridgehead atoms. The Kier molecular flexibility index (Phi) is 6.84. The summed E-state index contributed by atoms with van der Waals surface area (Å²) in [6, 6.07) is 4.29. The molecular weight excluding hydrogens is 406 g/mol. The lowest BCUT2D eigenvalue weighted by molar-refractivity contribution is -0.132. The van der Waals surface area contributed by atoms with Crippen LogP contribution >= 0.6 is 0 Å². The van der Waals surface area contributed by atoms with Gasteiger partial charge in [-0.1, -0.05) is 0 Å². The van der Waals surface area contributed by atoms with Crippen LogP contribution in [0.1, 0.15) is 31.1 Å². The second kappa shape index (κ2) is 8.58. The molecule has 0 spiro atoms. The van der Waals surface area contributed by atoms with Gasteiger partial charge in [0.15, 0.2) is 9.84 Å². The van der Waals surface area contributed by atoms with E-state index in [2.05, 4.69) is 10.0 Å². The largest absolute Gasteiger partial charge is 0.341 e. The fourth-order valence-electron chi connectivity index (χ4n) is 2.71. The van der Waals surface area contributed by atoms with Crippen molar-refractivity contribution >= 4 is 31.7 Å². The van der Waals surface area contributed by atoms with E-state index < -0.39 is 31.8 Å². The molecule has 11 heteroatoms. The summed E-state index contributed by atoms with van der Waals surface area (Å²) in [6.45, 7) is 5.15. The normalized spacial score (nSPS) is 17.9. The zero-order valence-electron chi connectivity index (χ0n) is 16.0. The molecule has 0 aromatic heterocycles. The summed E-state index contributed by atoms with van der Waals surface area (Å²) < 4.78 is 49.6. The number of nitrogens with zero attached hydrogens (tertiary/aromatic N) is 1. The van der Waals surface area contributed by atoms with Crippen LogP contribution in [0.25, 0.3) is 0 Å². The highest BCUT2D eigenvalue weighted by Crippen LogP contribution is 2.12. The summed E-state index contributed by atoms with van der Waals surface area (Å²) in [5, 5.41) is 2.56. The van der Waals surface area contributed by atoms with Gasteiger partial charge in [-0.2, -0.15) is 0 Å². The number of carbonyl (C=O) groups excluding carboxylic acids is 2. The number of sulfonamides is 1. The number of hydrogen-bond acceptors (Lipinski definition) is 6.